The molecular formula is C15H20N4O2. The van der Waals surface area contributed by atoms with E-state index in [2.05, 4.69) is 15.4 Å². The van der Waals surface area contributed by atoms with E-state index >= 15 is 0 Å². The van der Waals surface area contributed by atoms with Gasteiger partial charge in [0.25, 0.3) is 5.91 Å². The first-order valence-corrected chi connectivity index (χ1v) is 7.03. The average Bonchev–Trinajstić information content (AvgIpc) is 3.00. The van der Waals surface area contributed by atoms with Crippen molar-refractivity contribution in [2.75, 3.05) is 6.61 Å². The van der Waals surface area contributed by atoms with Crippen LogP contribution in [0.3, 0.4) is 0 Å². The minimum atomic E-state index is -0.122. The van der Waals surface area contributed by atoms with Crippen molar-refractivity contribution < 1.29 is 9.90 Å². The molecule has 112 valence electrons. The maximum atomic E-state index is 12.2. The number of benzene rings is 1. The summed E-state index contributed by atoms with van der Waals surface area (Å²) >= 11 is 0. The van der Waals surface area contributed by atoms with Crippen molar-refractivity contribution in [3.8, 4) is 5.69 Å². The molecule has 6 nitrogen and oxygen atoms in total. The van der Waals surface area contributed by atoms with Crippen molar-refractivity contribution in [1.82, 2.24) is 20.1 Å². The highest BCUT2D eigenvalue weighted by molar-refractivity contribution is 5.94. The van der Waals surface area contributed by atoms with Gasteiger partial charge in [-0.3, -0.25) is 4.79 Å². The second-order valence-electron chi connectivity index (χ2n) is 4.93. The van der Waals surface area contributed by atoms with E-state index in [4.69, 9.17) is 5.11 Å². The smallest absolute Gasteiger partial charge is 0.251 e. The van der Waals surface area contributed by atoms with Crippen molar-refractivity contribution in [3.63, 3.8) is 0 Å². The van der Waals surface area contributed by atoms with Crippen LogP contribution < -0.4 is 5.32 Å². The molecule has 1 amide bonds. The van der Waals surface area contributed by atoms with Crippen LogP contribution in [0, 0.1) is 6.92 Å². The van der Waals surface area contributed by atoms with Crippen molar-refractivity contribution in [2.24, 2.45) is 0 Å². The molecule has 21 heavy (non-hydrogen) atoms. The van der Waals surface area contributed by atoms with Gasteiger partial charge in [-0.1, -0.05) is 6.92 Å². The number of nitrogens with zero attached hydrogens (tertiary/aromatic N) is 3. The number of aliphatic hydroxyl groups is 1. The van der Waals surface area contributed by atoms with Crippen LogP contribution in [0.4, 0.5) is 0 Å². The fourth-order valence-corrected chi connectivity index (χ4v) is 2.19. The Bertz CT molecular complexity index is 596. The second kappa shape index (κ2) is 6.99. The van der Waals surface area contributed by atoms with Gasteiger partial charge in [0.05, 0.1) is 5.69 Å². The third-order valence-corrected chi connectivity index (χ3v) is 3.43. The van der Waals surface area contributed by atoms with Gasteiger partial charge in [-0.15, -0.1) is 0 Å². The summed E-state index contributed by atoms with van der Waals surface area (Å²) in [5.41, 5.74) is 2.45. The minimum Gasteiger partial charge on any atom is -0.396 e. The number of rotatable bonds is 6. The predicted octanol–water partition coefficient (Wildman–Crippen LogP) is 1.47. The molecule has 6 heteroatoms. The number of aryl methyl sites for hydroxylation is 1. The highest BCUT2D eigenvalue weighted by Gasteiger charge is 2.13. The van der Waals surface area contributed by atoms with Gasteiger partial charge in [0.2, 0.25) is 0 Å². The summed E-state index contributed by atoms with van der Waals surface area (Å²) in [5.74, 6) is -0.122. The lowest BCUT2D eigenvalue weighted by Gasteiger charge is -2.16. The van der Waals surface area contributed by atoms with Crippen LogP contribution in [0.1, 0.15) is 35.7 Å². The molecule has 0 spiro atoms. The quantitative estimate of drug-likeness (QED) is 0.843. The van der Waals surface area contributed by atoms with Crippen molar-refractivity contribution in [1.29, 1.82) is 0 Å². The molecule has 0 aliphatic heterocycles. The lowest BCUT2D eigenvalue weighted by atomic mass is 10.1. The highest BCUT2D eigenvalue weighted by Crippen LogP contribution is 2.15. The van der Waals surface area contributed by atoms with Crippen molar-refractivity contribution >= 4 is 5.91 Å². The van der Waals surface area contributed by atoms with Crippen LogP contribution in [0.5, 0.6) is 0 Å². The van der Waals surface area contributed by atoms with Crippen LogP contribution in [0.25, 0.3) is 5.69 Å². The Morgan fingerprint density at radius 2 is 2.29 bits per heavy atom. The second-order valence-corrected chi connectivity index (χ2v) is 4.93. The normalized spacial score (nSPS) is 12.1. The Labute approximate surface area is 123 Å². The fourth-order valence-electron chi connectivity index (χ4n) is 2.19. The number of aliphatic hydroxyl groups excluding tert-OH is 1. The molecule has 2 rings (SSSR count). The van der Waals surface area contributed by atoms with Crippen LogP contribution in [-0.4, -0.2) is 38.4 Å². The summed E-state index contributed by atoms with van der Waals surface area (Å²) in [4.78, 5) is 16.1. The van der Waals surface area contributed by atoms with E-state index in [0.29, 0.717) is 12.0 Å². The third kappa shape index (κ3) is 3.66. The molecule has 0 bridgehead atoms. The topological polar surface area (TPSA) is 80.0 Å². The van der Waals surface area contributed by atoms with E-state index in [1.165, 1.54) is 6.33 Å². The molecule has 2 aromatic rings. The number of carbonyl (C=O) groups is 1. The zero-order valence-corrected chi connectivity index (χ0v) is 12.3. The third-order valence-electron chi connectivity index (χ3n) is 3.43. The summed E-state index contributed by atoms with van der Waals surface area (Å²) in [6.07, 6.45) is 4.46. The summed E-state index contributed by atoms with van der Waals surface area (Å²) in [7, 11) is 0. The summed E-state index contributed by atoms with van der Waals surface area (Å²) in [5, 5.41) is 16.0. The first kappa shape index (κ1) is 15.2. The molecule has 1 atom stereocenters. The minimum absolute atomic E-state index is 0.00204. The molecule has 0 saturated heterocycles. The summed E-state index contributed by atoms with van der Waals surface area (Å²) in [6.45, 7) is 3.99. The Kier molecular flexibility index (Phi) is 5.05. The molecule has 1 aromatic heterocycles. The zero-order valence-electron chi connectivity index (χ0n) is 12.3. The molecule has 0 radical (unpaired) electrons. The monoisotopic (exact) mass is 288 g/mol. The molecule has 2 N–H and O–H groups in total. The first-order chi connectivity index (χ1) is 10.2. The van der Waals surface area contributed by atoms with E-state index in [1.807, 2.05) is 26.0 Å². The molecule has 1 unspecified atom stereocenters. The molecule has 0 aliphatic carbocycles. The van der Waals surface area contributed by atoms with Gasteiger partial charge in [0.1, 0.15) is 12.7 Å². The SMILES string of the molecule is CCC(CCO)NC(=O)c1ccc(-n2cncn2)c(C)c1. The van der Waals surface area contributed by atoms with E-state index in [1.54, 1.807) is 17.1 Å². The first-order valence-electron chi connectivity index (χ1n) is 7.03. The van der Waals surface area contributed by atoms with Gasteiger partial charge >= 0.3 is 0 Å². The summed E-state index contributed by atoms with van der Waals surface area (Å²) in [6, 6.07) is 5.45. The standard InChI is InChI=1S/C15H20N4O2/c1-3-13(6-7-20)18-15(21)12-4-5-14(11(2)8-12)19-10-16-9-17-19/h4-5,8-10,13,20H,3,6-7H2,1-2H3,(H,18,21). The Morgan fingerprint density at radius 1 is 1.48 bits per heavy atom. The Hall–Kier alpha value is -2.21. The molecule has 1 aromatic carbocycles. The average molecular weight is 288 g/mol. The van der Waals surface area contributed by atoms with Crippen LogP contribution in [0.2, 0.25) is 0 Å². The van der Waals surface area contributed by atoms with Gasteiger partial charge < -0.3 is 10.4 Å². The van der Waals surface area contributed by atoms with Crippen molar-refractivity contribution in [2.45, 2.75) is 32.7 Å². The predicted molar refractivity (Wildman–Crippen MR) is 79.3 cm³/mol. The lowest BCUT2D eigenvalue weighted by molar-refractivity contribution is 0.0929. The number of amides is 1. The zero-order chi connectivity index (χ0) is 15.2. The van der Waals surface area contributed by atoms with E-state index < -0.39 is 0 Å². The van der Waals surface area contributed by atoms with Gasteiger partial charge in [-0.05, 0) is 43.5 Å². The lowest BCUT2D eigenvalue weighted by Crippen LogP contribution is -2.35. The summed E-state index contributed by atoms with van der Waals surface area (Å²) < 4.78 is 1.66. The molecule has 1 heterocycles. The molecular weight excluding hydrogens is 268 g/mol. The van der Waals surface area contributed by atoms with E-state index in [9.17, 15) is 4.79 Å². The maximum absolute atomic E-state index is 12.2. The highest BCUT2D eigenvalue weighted by atomic mass is 16.3. The number of aromatic nitrogens is 3. The number of nitrogens with one attached hydrogen (secondary N) is 1. The van der Waals surface area contributed by atoms with Crippen LogP contribution >= 0.6 is 0 Å². The van der Waals surface area contributed by atoms with Gasteiger partial charge in [0.15, 0.2) is 0 Å². The van der Waals surface area contributed by atoms with Crippen LogP contribution in [0.15, 0.2) is 30.9 Å². The molecule has 0 fully saturated rings. The number of carbonyl (C=O) groups excluding carboxylic acids is 1. The fraction of sp³-hybridized carbons (Fsp3) is 0.400. The van der Waals surface area contributed by atoms with Gasteiger partial charge in [-0.25, -0.2) is 9.67 Å². The number of hydrogen-bond donors (Lipinski definition) is 2. The van der Waals surface area contributed by atoms with E-state index in [0.717, 1.165) is 17.7 Å². The molecule has 0 aliphatic rings. The van der Waals surface area contributed by atoms with Gasteiger partial charge in [0, 0.05) is 18.2 Å². The molecule has 0 saturated carbocycles. The van der Waals surface area contributed by atoms with Crippen molar-refractivity contribution in [3.05, 3.63) is 42.0 Å². The van der Waals surface area contributed by atoms with Gasteiger partial charge in [-0.2, -0.15) is 5.10 Å². The largest absolute Gasteiger partial charge is 0.396 e. The maximum Gasteiger partial charge on any atom is 0.251 e. The van der Waals surface area contributed by atoms with E-state index in [-0.39, 0.29) is 18.6 Å². The Balaban J connectivity index is 2.14. The van der Waals surface area contributed by atoms with Crippen LogP contribution in [-0.2, 0) is 0 Å². The Morgan fingerprint density at radius 3 is 2.86 bits per heavy atom. The number of hydrogen-bond acceptors (Lipinski definition) is 4.